The molecule has 2 unspecified atom stereocenters. The predicted octanol–water partition coefficient (Wildman–Crippen LogP) is 6.30. The second-order valence-electron chi connectivity index (χ2n) is 11.6. The maximum atomic E-state index is 12.1. The number of benzene rings is 1. The van der Waals surface area contributed by atoms with E-state index in [1.165, 1.54) is 43.9 Å². The minimum absolute atomic E-state index is 0.203. The highest BCUT2D eigenvalue weighted by Crippen LogP contribution is 2.49. The molecule has 2 saturated carbocycles. The molecule has 0 spiro atoms. The van der Waals surface area contributed by atoms with Crippen molar-refractivity contribution < 1.29 is 18.8 Å². The molecule has 2 saturated heterocycles. The zero-order valence-corrected chi connectivity index (χ0v) is 22.2. The van der Waals surface area contributed by atoms with Crippen LogP contribution in [0, 0.1) is 6.92 Å². The second kappa shape index (κ2) is 9.53. The Labute approximate surface area is 223 Å². The maximum absolute atomic E-state index is 12.1. The van der Waals surface area contributed by atoms with E-state index in [0.717, 1.165) is 54.1 Å². The van der Waals surface area contributed by atoms with Gasteiger partial charge in [0.1, 0.15) is 17.3 Å². The summed E-state index contributed by atoms with van der Waals surface area (Å²) < 4.78 is 17.5. The molecule has 0 N–H and O–H groups in total. The quantitative estimate of drug-likeness (QED) is 0.327. The number of nitrogens with zero attached hydrogens (tertiary/aromatic N) is 3. The van der Waals surface area contributed by atoms with Crippen molar-refractivity contribution in [1.29, 1.82) is 0 Å². The Morgan fingerprint density at radius 1 is 1.05 bits per heavy atom. The molecule has 3 aromatic rings. The van der Waals surface area contributed by atoms with Gasteiger partial charge in [-0.3, -0.25) is 0 Å². The minimum atomic E-state index is -0.314. The lowest BCUT2D eigenvalue weighted by atomic mass is 9.97. The predicted molar refractivity (Wildman–Crippen MR) is 143 cm³/mol. The summed E-state index contributed by atoms with van der Waals surface area (Å²) >= 11 is 0. The molecule has 4 fully saturated rings. The summed E-state index contributed by atoms with van der Waals surface area (Å²) in [4.78, 5) is 19.5. The molecule has 7 heteroatoms. The third-order valence-electron chi connectivity index (χ3n) is 8.90. The number of aryl methyl sites for hydroxylation is 1. The molecule has 2 aliphatic heterocycles. The van der Waals surface area contributed by atoms with Crippen LogP contribution in [0.4, 0.5) is 5.82 Å². The van der Waals surface area contributed by atoms with E-state index in [2.05, 4.69) is 41.2 Å². The van der Waals surface area contributed by atoms with E-state index in [4.69, 9.17) is 19.0 Å². The molecule has 3 atom stereocenters. The number of esters is 1. The van der Waals surface area contributed by atoms with Gasteiger partial charge in [0, 0.05) is 35.3 Å². The highest BCUT2D eigenvalue weighted by atomic mass is 16.5. The summed E-state index contributed by atoms with van der Waals surface area (Å²) in [7, 11) is 1.43. The lowest BCUT2D eigenvalue weighted by Gasteiger charge is -2.40. The number of aromatic nitrogens is 2. The van der Waals surface area contributed by atoms with E-state index in [1.807, 2.05) is 6.07 Å². The van der Waals surface area contributed by atoms with Crippen molar-refractivity contribution in [3.63, 3.8) is 0 Å². The van der Waals surface area contributed by atoms with Crippen LogP contribution >= 0.6 is 0 Å². The number of piperidine rings is 1. The fraction of sp³-hybridized carbons (Fsp3) is 0.516. The van der Waals surface area contributed by atoms with Crippen molar-refractivity contribution in [1.82, 2.24) is 10.1 Å². The molecule has 2 aromatic heterocycles. The number of rotatable bonds is 8. The lowest BCUT2D eigenvalue weighted by molar-refractivity contribution is 0.0145. The number of fused-ring (bicyclic) bond motifs is 2. The maximum Gasteiger partial charge on any atom is 0.339 e. The van der Waals surface area contributed by atoms with Crippen LogP contribution in [0.25, 0.3) is 11.3 Å². The van der Waals surface area contributed by atoms with Crippen LogP contribution < -0.4 is 4.90 Å². The van der Waals surface area contributed by atoms with Gasteiger partial charge in [-0.25, -0.2) is 9.78 Å². The number of methoxy groups -OCH3 is 1. The van der Waals surface area contributed by atoms with E-state index in [1.54, 1.807) is 6.20 Å². The molecule has 0 radical (unpaired) electrons. The van der Waals surface area contributed by atoms with Crippen molar-refractivity contribution in [2.75, 3.05) is 12.0 Å². The highest BCUT2D eigenvalue weighted by Gasteiger charge is 2.44. The zero-order valence-electron chi connectivity index (χ0n) is 22.2. The van der Waals surface area contributed by atoms with Crippen LogP contribution in [0.2, 0.25) is 0 Å². The molecule has 0 amide bonds. The van der Waals surface area contributed by atoms with Crippen LogP contribution in [0.1, 0.15) is 96.0 Å². The van der Waals surface area contributed by atoms with Crippen LogP contribution in [-0.2, 0) is 16.1 Å². The molecule has 2 aliphatic carbocycles. The Bertz CT molecular complexity index is 1340. The van der Waals surface area contributed by atoms with Crippen LogP contribution in [-0.4, -0.2) is 41.4 Å². The number of hydrogen-bond donors (Lipinski definition) is 0. The third kappa shape index (κ3) is 4.31. The normalized spacial score (nSPS) is 24.6. The van der Waals surface area contributed by atoms with E-state index in [0.29, 0.717) is 36.1 Å². The van der Waals surface area contributed by atoms with E-state index < -0.39 is 0 Å². The Balaban J connectivity index is 1.10. The van der Waals surface area contributed by atoms with Crippen molar-refractivity contribution >= 4 is 11.8 Å². The number of anilines is 1. The van der Waals surface area contributed by atoms with Gasteiger partial charge < -0.3 is 18.9 Å². The minimum Gasteiger partial charge on any atom is -0.465 e. The van der Waals surface area contributed by atoms with Gasteiger partial charge in [-0.1, -0.05) is 29.4 Å². The largest absolute Gasteiger partial charge is 0.465 e. The van der Waals surface area contributed by atoms with Gasteiger partial charge in [0.25, 0.3) is 0 Å². The van der Waals surface area contributed by atoms with E-state index >= 15 is 0 Å². The fourth-order valence-corrected chi connectivity index (χ4v) is 6.60. The average molecular weight is 514 g/mol. The smallest absolute Gasteiger partial charge is 0.339 e. The number of carbonyl (C=O) groups is 1. The van der Waals surface area contributed by atoms with Gasteiger partial charge in [0.05, 0.1) is 25.4 Å². The summed E-state index contributed by atoms with van der Waals surface area (Å²) in [5, 5.41) is 4.52. The first kappa shape index (κ1) is 23.9. The first-order valence-corrected chi connectivity index (χ1v) is 14.1. The van der Waals surface area contributed by atoms with Crippen LogP contribution in [0.3, 0.4) is 0 Å². The number of ether oxygens (including phenoxy) is 2. The third-order valence-corrected chi connectivity index (χ3v) is 8.90. The van der Waals surface area contributed by atoms with Crippen molar-refractivity contribution in [2.24, 2.45) is 0 Å². The molecule has 38 heavy (non-hydrogen) atoms. The van der Waals surface area contributed by atoms with Gasteiger partial charge in [0.2, 0.25) is 0 Å². The first-order valence-electron chi connectivity index (χ1n) is 14.1. The highest BCUT2D eigenvalue weighted by molar-refractivity contribution is 5.89. The molecule has 198 valence electrons. The van der Waals surface area contributed by atoms with Gasteiger partial charge in [-0.05, 0) is 81.4 Å². The lowest BCUT2D eigenvalue weighted by Crippen LogP contribution is -2.46. The van der Waals surface area contributed by atoms with Gasteiger partial charge in [-0.15, -0.1) is 0 Å². The Morgan fingerprint density at radius 3 is 2.47 bits per heavy atom. The molecule has 2 bridgehead atoms. The summed E-state index contributed by atoms with van der Waals surface area (Å²) in [6.45, 7) is 2.67. The molecular weight excluding hydrogens is 478 g/mol. The van der Waals surface area contributed by atoms with Gasteiger partial charge in [0.15, 0.2) is 0 Å². The van der Waals surface area contributed by atoms with Crippen LogP contribution in [0.5, 0.6) is 0 Å². The first-order chi connectivity index (χ1) is 18.6. The average Bonchev–Trinajstić information content (AvgIpc) is 3.87. The summed E-state index contributed by atoms with van der Waals surface area (Å²) in [6, 6.07) is 11.2. The molecule has 7 rings (SSSR count). The van der Waals surface area contributed by atoms with Crippen molar-refractivity contribution in [3.05, 3.63) is 64.5 Å². The van der Waals surface area contributed by atoms with Gasteiger partial charge >= 0.3 is 5.97 Å². The fourth-order valence-electron chi connectivity index (χ4n) is 6.60. The monoisotopic (exact) mass is 513 g/mol. The summed E-state index contributed by atoms with van der Waals surface area (Å²) in [5.74, 6) is 2.77. The van der Waals surface area contributed by atoms with E-state index in [9.17, 15) is 4.79 Å². The molecule has 7 nitrogen and oxygen atoms in total. The summed E-state index contributed by atoms with van der Waals surface area (Å²) in [5.41, 5.74) is 6.17. The number of carbonyl (C=O) groups excluding carboxylic acids is 1. The SMILES string of the molecule is COC(=O)c1cnc(N2C3CC[C@H]2CC(OCc2c(-c4ccccc4C)noc2C2CC2)C3)c(C2CC2)c1. The zero-order chi connectivity index (χ0) is 25.8. The van der Waals surface area contributed by atoms with E-state index in [-0.39, 0.29) is 12.1 Å². The van der Waals surface area contributed by atoms with Crippen LogP contribution in [0.15, 0.2) is 41.1 Å². The van der Waals surface area contributed by atoms with Crippen molar-refractivity contribution in [3.8, 4) is 11.3 Å². The molecule has 4 heterocycles. The topological polar surface area (TPSA) is 77.7 Å². The Kier molecular flexibility index (Phi) is 5.99. The number of pyridine rings is 1. The van der Waals surface area contributed by atoms with Gasteiger partial charge in [-0.2, -0.15) is 0 Å². The summed E-state index contributed by atoms with van der Waals surface area (Å²) in [6.07, 6.45) is 10.9. The Hall–Kier alpha value is -3.19. The molecular formula is C31H35N3O4. The Morgan fingerprint density at radius 2 is 1.79 bits per heavy atom. The van der Waals surface area contributed by atoms with Crippen molar-refractivity contribution in [2.45, 2.75) is 94.9 Å². The number of hydrogen-bond acceptors (Lipinski definition) is 7. The molecule has 1 aromatic carbocycles. The standard InChI is InChI=1S/C31H35N3O4/c1-18-5-3-4-6-25(18)28-27(29(38-33-28)20-9-10-20)17-37-24-14-22-11-12-23(15-24)34(22)30-26(19-7-8-19)13-21(16-32-30)31(35)36-2/h3-6,13,16,19-20,22-24H,7-12,14-15,17H2,1-2H3/t22-,23?,24?/m0/s1. The second-order valence-corrected chi connectivity index (χ2v) is 11.6. The molecule has 4 aliphatic rings.